The second-order valence-corrected chi connectivity index (χ2v) is 10.3. The highest BCUT2D eigenvalue weighted by molar-refractivity contribution is 6.46. The van der Waals surface area contributed by atoms with Gasteiger partial charge >= 0.3 is 5.97 Å². The van der Waals surface area contributed by atoms with E-state index in [4.69, 9.17) is 9.57 Å². The Labute approximate surface area is 222 Å². The lowest BCUT2D eigenvalue weighted by Gasteiger charge is -2.26. The SMILES string of the molecule is CC(=O)ON=C(CC1CCCCC1)C(=O)c1ccc2c(c1)Cc1ccc(C(=O)C(=O)N3CCOCC3)cc1-2. The summed E-state index contributed by atoms with van der Waals surface area (Å²) >= 11 is 0. The van der Waals surface area contributed by atoms with Gasteiger partial charge in [0.15, 0.2) is 0 Å². The van der Waals surface area contributed by atoms with Gasteiger partial charge in [0.2, 0.25) is 11.6 Å². The number of carbonyl (C=O) groups is 4. The van der Waals surface area contributed by atoms with E-state index in [0.717, 1.165) is 47.9 Å². The number of hydrogen-bond donors (Lipinski definition) is 0. The second-order valence-electron chi connectivity index (χ2n) is 10.3. The zero-order chi connectivity index (χ0) is 26.6. The quantitative estimate of drug-likeness (QED) is 0.152. The number of oxime groups is 1. The molecule has 1 saturated heterocycles. The predicted molar refractivity (Wildman–Crippen MR) is 141 cm³/mol. The highest BCUT2D eigenvalue weighted by atomic mass is 16.7. The van der Waals surface area contributed by atoms with Gasteiger partial charge in [-0.1, -0.05) is 61.5 Å². The van der Waals surface area contributed by atoms with Gasteiger partial charge < -0.3 is 14.5 Å². The smallest absolute Gasteiger partial charge is 0.331 e. The summed E-state index contributed by atoms with van der Waals surface area (Å²) in [5, 5.41) is 3.95. The van der Waals surface area contributed by atoms with Gasteiger partial charge in [0.25, 0.3) is 5.91 Å². The summed E-state index contributed by atoms with van der Waals surface area (Å²) in [6.45, 7) is 2.97. The van der Waals surface area contributed by atoms with Crippen LogP contribution in [0, 0.1) is 5.92 Å². The summed E-state index contributed by atoms with van der Waals surface area (Å²) in [4.78, 5) is 56.9. The average Bonchev–Trinajstić information content (AvgIpc) is 3.32. The number of nitrogens with zero attached hydrogens (tertiary/aromatic N) is 2. The van der Waals surface area contributed by atoms with Crippen LogP contribution in [0.2, 0.25) is 0 Å². The highest BCUT2D eigenvalue weighted by Gasteiger charge is 2.28. The largest absolute Gasteiger partial charge is 0.378 e. The molecule has 0 atom stereocenters. The minimum atomic E-state index is -0.555. The molecule has 2 aromatic rings. The van der Waals surface area contributed by atoms with E-state index in [-0.39, 0.29) is 11.5 Å². The van der Waals surface area contributed by atoms with Crippen LogP contribution in [0.3, 0.4) is 0 Å². The lowest BCUT2D eigenvalue weighted by atomic mass is 9.84. The summed E-state index contributed by atoms with van der Waals surface area (Å²) in [5.74, 6) is -1.46. The molecule has 0 unspecified atom stereocenters. The summed E-state index contributed by atoms with van der Waals surface area (Å²) in [6.07, 6.45) is 6.68. The maximum atomic E-state index is 13.5. The van der Waals surface area contributed by atoms with Crippen LogP contribution in [0.4, 0.5) is 0 Å². The Hall–Kier alpha value is -3.65. The Morgan fingerprint density at radius 1 is 0.895 bits per heavy atom. The number of fused-ring (bicyclic) bond motifs is 3. The van der Waals surface area contributed by atoms with Gasteiger partial charge in [-0.3, -0.25) is 14.4 Å². The van der Waals surface area contributed by atoms with Crippen LogP contribution in [-0.4, -0.2) is 60.4 Å². The number of rotatable bonds is 7. The number of Topliss-reactive ketones (excluding diaryl/α,β-unsaturated/α-hetero) is 2. The molecular weight excluding hydrogens is 484 g/mol. The van der Waals surface area contributed by atoms with Gasteiger partial charge in [0, 0.05) is 31.1 Å². The molecule has 8 heteroatoms. The van der Waals surface area contributed by atoms with Crippen LogP contribution in [0.5, 0.6) is 0 Å². The number of amides is 1. The summed E-state index contributed by atoms with van der Waals surface area (Å²) < 4.78 is 5.28. The first-order valence-corrected chi connectivity index (χ1v) is 13.4. The van der Waals surface area contributed by atoms with E-state index in [1.807, 2.05) is 18.2 Å². The third-order valence-electron chi connectivity index (χ3n) is 7.66. The van der Waals surface area contributed by atoms with Crippen LogP contribution in [0.1, 0.15) is 77.3 Å². The normalized spacial score (nSPS) is 17.5. The standard InChI is InChI=1S/C30H32N2O6/c1-19(33)38-31-27(15-20-5-3-2-4-6-20)28(34)22-9-10-25-24(17-22)16-21-7-8-23(18-26(21)25)29(35)30(36)32-11-13-37-14-12-32/h7-10,17-18,20H,2-6,11-16H2,1H3. The molecule has 198 valence electrons. The molecule has 0 radical (unpaired) electrons. The van der Waals surface area contributed by atoms with Gasteiger partial charge in [-0.05, 0) is 53.1 Å². The van der Waals surface area contributed by atoms with E-state index in [9.17, 15) is 19.2 Å². The van der Waals surface area contributed by atoms with E-state index in [0.29, 0.717) is 56.2 Å². The lowest BCUT2D eigenvalue weighted by molar-refractivity contribution is -0.141. The number of hydrogen-bond acceptors (Lipinski definition) is 7. The molecule has 1 heterocycles. The molecule has 2 aromatic carbocycles. The molecule has 1 amide bonds. The molecule has 0 aromatic heterocycles. The average molecular weight is 517 g/mol. The molecule has 2 aliphatic carbocycles. The van der Waals surface area contributed by atoms with Crippen molar-refractivity contribution >= 4 is 29.2 Å². The Bertz CT molecular complexity index is 1300. The number of carbonyl (C=O) groups excluding carboxylic acids is 4. The van der Waals surface area contributed by atoms with E-state index < -0.39 is 17.7 Å². The lowest BCUT2D eigenvalue weighted by Crippen LogP contribution is -2.44. The third-order valence-corrected chi connectivity index (χ3v) is 7.66. The van der Waals surface area contributed by atoms with Crippen molar-refractivity contribution in [1.29, 1.82) is 0 Å². The van der Waals surface area contributed by atoms with E-state index in [2.05, 4.69) is 5.16 Å². The fraction of sp³-hybridized carbons (Fsp3) is 0.433. The zero-order valence-corrected chi connectivity index (χ0v) is 21.7. The van der Waals surface area contributed by atoms with Crippen LogP contribution >= 0.6 is 0 Å². The summed E-state index contributed by atoms with van der Waals surface area (Å²) in [7, 11) is 0. The molecule has 38 heavy (non-hydrogen) atoms. The molecule has 8 nitrogen and oxygen atoms in total. The van der Waals surface area contributed by atoms with Crippen LogP contribution in [0.15, 0.2) is 41.6 Å². The third kappa shape index (κ3) is 5.60. The minimum absolute atomic E-state index is 0.234. The summed E-state index contributed by atoms with van der Waals surface area (Å²) in [6, 6.07) is 10.9. The molecule has 0 bridgehead atoms. The first kappa shape index (κ1) is 26.0. The number of ether oxygens (including phenoxy) is 1. The minimum Gasteiger partial charge on any atom is -0.378 e. The van der Waals surface area contributed by atoms with Gasteiger partial charge in [0.05, 0.1) is 13.2 Å². The molecule has 0 spiro atoms. The van der Waals surface area contributed by atoms with E-state index in [1.54, 1.807) is 18.2 Å². The van der Waals surface area contributed by atoms with Crippen molar-refractivity contribution in [2.45, 2.75) is 51.9 Å². The monoisotopic (exact) mass is 516 g/mol. The van der Waals surface area contributed by atoms with Crippen molar-refractivity contribution in [3.8, 4) is 11.1 Å². The summed E-state index contributed by atoms with van der Waals surface area (Å²) in [5.41, 5.74) is 4.98. The Morgan fingerprint density at radius 2 is 1.61 bits per heavy atom. The fourth-order valence-corrected chi connectivity index (χ4v) is 5.63. The maximum absolute atomic E-state index is 13.5. The Kier molecular flexibility index (Phi) is 7.79. The zero-order valence-electron chi connectivity index (χ0n) is 21.7. The van der Waals surface area contributed by atoms with Crippen molar-refractivity contribution in [3.05, 3.63) is 58.7 Å². The number of ketones is 2. The molecule has 2 fully saturated rings. The Morgan fingerprint density at radius 3 is 2.34 bits per heavy atom. The number of benzene rings is 2. The van der Waals surface area contributed by atoms with E-state index >= 15 is 0 Å². The van der Waals surface area contributed by atoms with Crippen LogP contribution < -0.4 is 0 Å². The van der Waals surface area contributed by atoms with Crippen molar-refractivity contribution in [3.63, 3.8) is 0 Å². The molecule has 1 saturated carbocycles. The molecule has 0 N–H and O–H groups in total. The molecular formula is C30H32N2O6. The predicted octanol–water partition coefficient (Wildman–Crippen LogP) is 4.37. The van der Waals surface area contributed by atoms with E-state index in [1.165, 1.54) is 18.2 Å². The van der Waals surface area contributed by atoms with Crippen molar-refractivity contribution in [2.24, 2.45) is 11.1 Å². The maximum Gasteiger partial charge on any atom is 0.331 e. The molecule has 3 aliphatic rings. The van der Waals surface area contributed by atoms with Crippen LogP contribution in [-0.2, 0) is 25.6 Å². The molecule has 5 rings (SSSR count). The van der Waals surface area contributed by atoms with Gasteiger partial charge in [0.1, 0.15) is 5.71 Å². The van der Waals surface area contributed by atoms with Crippen molar-refractivity contribution < 1.29 is 28.8 Å². The van der Waals surface area contributed by atoms with Gasteiger partial charge in [-0.2, -0.15) is 0 Å². The fourth-order valence-electron chi connectivity index (χ4n) is 5.63. The van der Waals surface area contributed by atoms with Crippen molar-refractivity contribution in [2.75, 3.05) is 26.3 Å². The number of morpholine rings is 1. The first-order chi connectivity index (χ1) is 18.4. The first-order valence-electron chi connectivity index (χ1n) is 13.4. The molecule has 1 aliphatic heterocycles. The van der Waals surface area contributed by atoms with Crippen molar-refractivity contribution in [1.82, 2.24) is 4.90 Å². The van der Waals surface area contributed by atoms with Gasteiger partial charge in [-0.25, -0.2) is 4.79 Å². The van der Waals surface area contributed by atoms with Gasteiger partial charge in [-0.15, -0.1) is 0 Å². The topological polar surface area (TPSA) is 102 Å². The highest BCUT2D eigenvalue weighted by Crippen LogP contribution is 2.38. The Balaban J connectivity index is 1.36. The second kappa shape index (κ2) is 11.4. The van der Waals surface area contributed by atoms with Crippen LogP contribution in [0.25, 0.3) is 11.1 Å².